The van der Waals surface area contributed by atoms with Crippen LogP contribution in [0.2, 0.25) is 0 Å². The third-order valence-electron chi connectivity index (χ3n) is 5.68. The molecule has 1 aliphatic rings. The lowest BCUT2D eigenvalue weighted by atomic mass is 9.92. The highest BCUT2D eigenvalue weighted by atomic mass is 16.5. The fraction of sp³-hybridized carbons (Fsp3) is 0.250. The molecule has 1 unspecified atom stereocenters. The molecule has 0 aliphatic carbocycles. The molecule has 33 heavy (non-hydrogen) atoms. The first-order valence-electron chi connectivity index (χ1n) is 11.2. The highest BCUT2D eigenvalue weighted by molar-refractivity contribution is 5.93. The van der Waals surface area contributed by atoms with Crippen molar-refractivity contribution in [3.05, 3.63) is 101 Å². The number of methoxy groups -OCH3 is 1. The van der Waals surface area contributed by atoms with Gasteiger partial charge in [-0.1, -0.05) is 60.7 Å². The van der Waals surface area contributed by atoms with Crippen LogP contribution in [0.4, 0.5) is 0 Å². The van der Waals surface area contributed by atoms with Crippen LogP contribution in [0.5, 0.6) is 11.5 Å². The lowest BCUT2D eigenvalue weighted by Crippen LogP contribution is -2.28. The Hall–Kier alpha value is -3.57. The van der Waals surface area contributed by atoms with E-state index < -0.39 is 0 Å². The molecule has 1 aliphatic heterocycles. The van der Waals surface area contributed by atoms with Gasteiger partial charge in [0.2, 0.25) is 0 Å². The van der Waals surface area contributed by atoms with Crippen LogP contribution in [0.1, 0.15) is 45.6 Å². The highest BCUT2D eigenvalue weighted by Gasteiger charge is 2.21. The molecule has 0 amide bonds. The lowest BCUT2D eigenvalue weighted by molar-refractivity contribution is 0.0526. The number of rotatable bonds is 8. The molecule has 5 nitrogen and oxygen atoms in total. The zero-order valence-electron chi connectivity index (χ0n) is 19.0. The van der Waals surface area contributed by atoms with Gasteiger partial charge in [-0.3, -0.25) is 0 Å². The number of hydrogen-bond acceptors (Lipinski definition) is 5. The maximum atomic E-state index is 12.3. The van der Waals surface area contributed by atoms with Crippen molar-refractivity contribution >= 4 is 12.0 Å². The van der Waals surface area contributed by atoms with Crippen molar-refractivity contribution < 1.29 is 19.0 Å². The Morgan fingerprint density at radius 1 is 1.06 bits per heavy atom. The van der Waals surface area contributed by atoms with Crippen LogP contribution in [0.15, 0.2) is 72.8 Å². The molecule has 1 N–H and O–H groups in total. The molecule has 0 saturated heterocycles. The third-order valence-corrected chi connectivity index (χ3v) is 5.68. The molecule has 0 fully saturated rings. The Morgan fingerprint density at radius 2 is 1.85 bits per heavy atom. The summed E-state index contributed by atoms with van der Waals surface area (Å²) in [5.74, 6) is 1.15. The van der Waals surface area contributed by atoms with Crippen molar-refractivity contribution in [3.8, 4) is 11.5 Å². The molecular formula is C28H29NO4. The van der Waals surface area contributed by atoms with Gasteiger partial charge in [-0.05, 0) is 53.8 Å². The van der Waals surface area contributed by atoms with E-state index in [1.54, 1.807) is 13.2 Å². The van der Waals surface area contributed by atoms with Crippen LogP contribution >= 0.6 is 0 Å². The Morgan fingerprint density at radius 3 is 2.64 bits per heavy atom. The first-order valence-corrected chi connectivity index (χ1v) is 11.2. The summed E-state index contributed by atoms with van der Waals surface area (Å²) >= 11 is 0. The summed E-state index contributed by atoms with van der Waals surface area (Å²) in [5.41, 5.74) is 4.88. The minimum Gasteiger partial charge on any atom is -0.493 e. The number of carbonyl (C=O) groups is 1. The molecule has 5 heteroatoms. The SMILES string of the molecule is CCOC(=O)c1ccccc1/C=C/C1NCCc2cc(OCc3ccccc3)c(OC)cc21. The molecule has 1 atom stereocenters. The van der Waals surface area contributed by atoms with Gasteiger partial charge in [0.15, 0.2) is 11.5 Å². The Kier molecular flexibility index (Phi) is 7.43. The first-order chi connectivity index (χ1) is 16.2. The first kappa shape index (κ1) is 22.6. The second kappa shape index (κ2) is 10.8. The quantitative estimate of drug-likeness (QED) is 0.476. The summed E-state index contributed by atoms with van der Waals surface area (Å²) in [7, 11) is 1.66. The smallest absolute Gasteiger partial charge is 0.338 e. The molecule has 0 bridgehead atoms. The van der Waals surface area contributed by atoms with Crippen LogP contribution in [0.25, 0.3) is 6.08 Å². The van der Waals surface area contributed by atoms with Crippen LogP contribution in [-0.2, 0) is 17.8 Å². The van der Waals surface area contributed by atoms with E-state index in [9.17, 15) is 4.79 Å². The summed E-state index contributed by atoms with van der Waals surface area (Å²) in [6.07, 6.45) is 4.97. The molecular weight excluding hydrogens is 414 g/mol. The van der Waals surface area contributed by atoms with E-state index in [0.29, 0.717) is 24.5 Å². The van der Waals surface area contributed by atoms with Crippen LogP contribution < -0.4 is 14.8 Å². The van der Waals surface area contributed by atoms with Crippen LogP contribution in [0.3, 0.4) is 0 Å². The van der Waals surface area contributed by atoms with Crippen LogP contribution in [-0.4, -0.2) is 26.2 Å². The van der Waals surface area contributed by atoms with Gasteiger partial charge < -0.3 is 19.5 Å². The predicted octanol–water partition coefficient (Wildman–Crippen LogP) is 5.35. The van der Waals surface area contributed by atoms with Crippen molar-refractivity contribution in [2.75, 3.05) is 20.3 Å². The summed E-state index contributed by atoms with van der Waals surface area (Å²) < 4.78 is 16.9. The van der Waals surface area contributed by atoms with Gasteiger partial charge in [0.25, 0.3) is 0 Å². The van der Waals surface area contributed by atoms with Crippen molar-refractivity contribution in [1.82, 2.24) is 5.32 Å². The minimum atomic E-state index is -0.309. The van der Waals surface area contributed by atoms with Gasteiger partial charge >= 0.3 is 5.97 Å². The van der Waals surface area contributed by atoms with Crippen LogP contribution in [0, 0.1) is 0 Å². The summed E-state index contributed by atoms with van der Waals surface area (Å²) in [5, 5.41) is 3.55. The molecule has 0 aromatic heterocycles. The Balaban J connectivity index is 1.57. The van der Waals surface area contributed by atoms with Crippen molar-refractivity contribution in [3.63, 3.8) is 0 Å². The summed E-state index contributed by atoms with van der Waals surface area (Å²) in [6, 6.07) is 21.7. The van der Waals surface area contributed by atoms with Gasteiger partial charge in [0.1, 0.15) is 6.61 Å². The maximum absolute atomic E-state index is 12.3. The van der Waals surface area contributed by atoms with Gasteiger partial charge in [-0.2, -0.15) is 0 Å². The van der Waals surface area contributed by atoms with Gasteiger partial charge in [-0.15, -0.1) is 0 Å². The summed E-state index contributed by atoms with van der Waals surface area (Å²) in [4.78, 5) is 12.3. The fourth-order valence-corrected chi connectivity index (χ4v) is 4.01. The molecule has 0 radical (unpaired) electrons. The Bertz CT molecular complexity index is 1120. The topological polar surface area (TPSA) is 56.8 Å². The number of carbonyl (C=O) groups excluding carboxylic acids is 1. The highest BCUT2D eigenvalue weighted by Crippen LogP contribution is 2.36. The Labute approximate surface area is 195 Å². The van der Waals surface area contributed by atoms with E-state index in [1.165, 1.54) is 5.56 Å². The van der Waals surface area contributed by atoms with Crippen molar-refractivity contribution in [1.29, 1.82) is 0 Å². The molecule has 3 aromatic rings. The van der Waals surface area contributed by atoms with E-state index in [-0.39, 0.29) is 12.0 Å². The molecule has 0 spiro atoms. The fourth-order valence-electron chi connectivity index (χ4n) is 4.01. The molecule has 4 rings (SSSR count). The zero-order chi connectivity index (χ0) is 23.0. The monoisotopic (exact) mass is 443 g/mol. The van der Waals surface area contributed by atoms with Crippen molar-refractivity contribution in [2.45, 2.75) is 26.0 Å². The standard InChI is InChI=1S/C28H29NO4/c1-3-32-28(30)23-12-8-7-11-21(23)13-14-25-24-18-26(31-2)27(17-22(24)15-16-29-25)33-19-20-9-5-4-6-10-20/h4-14,17-18,25,29H,3,15-16,19H2,1-2H3/b14-13+. The average molecular weight is 444 g/mol. The van der Waals surface area contributed by atoms with E-state index in [4.69, 9.17) is 14.2 Å². The lowest BCUT2D eigenvalue weighted by Gasteiger charge is -2.26. The van der Waals surface area contributed by atoms with E-state index >= 15 is 0 Å². The van der Waals surface area contributed by atoms with E-state index in [2.05, 4.69) is 17.5 Å². The minimum absolute atomic E-state index is 0.000995. The number of benzene rings is 3. The largest absolute Gasteiger partial charge is 0.493 e. The second-order valence-electron chi connectivity index (χ2n) is 7.82. The third kappa shape index (κ3) is 5.44. The number of esters is 1. The normalized spacial score (nSPS) is 15.2. The van der Waals surface area contributed by atoms with E-state index in [1.807, 2.05) is 67.6 Å². The second-order valence-corrected chi connectivity index (χ2v) is 7.82. The van der Waals surface area contributed by atoms with Gasteiger partial charge in [0.05, 0.1) is 25.3 Å². The number of nitrogens with one attached hydrogen (secondary N) is 1. The number of fused-ring (bicyclic) bond motifs is 1. The molecule has 170 valence electrons. The molecule has 1 heterocycles. The number of ether oxygens (including phenoxy) is 3. The predicted molar refractivity (Wildman–Crippen MR) is 130 cm³/mol. The average Bonchev–Trinajstić information content (AvgIpc) is 2.86. The zero-order valence-corrected chi connectivity index (χ0v) is 19.0. The van der Waals surface area contributed by atoms with Crippen molar-refractivity contribution in [2.24, 2.45) is 0 Å². The molecule has 3 aromatic carbocycles. The number of hydrogen-bond donors (Lipinski definition) is 1. The van der Waals surface area contributed by atoms with Gasteiger partial charge in [-0.25, -0.2) is 4.79 Å². The molecule has 0 saturated carbocycles. The maximum Gasteiger partial charge on any atom is 0.338 e. The van der Waals surface area contributed by atoms with Gasteiger partial charge in [0, 0.05) is 6.54 Å². The summed E-state index contributed by atoms with van der Waals surface area (Å²) in [6.45, 7) is 3.50. The van der Waals surface area contributed by atoms with E-state index in [0.717, 1.165) is 35.4 Å².